The number of aryl methyl sites for hydroxylation is 1. The van der Waals surface area contributed by atoms with Gasteiger partial charge in [0.05, 0.1) is 12.8 Å². The molecule has 1 aromatic carbocycles. The fourth-order valence-corrected chi connectivity index (χ4v) is 2.53. The summed E-state index contributed by atoms with van der Waals surface area (Å²) in [6.45, 7) is 2.64. The van der Waals surface area contributed by atoms with E-state index in [4.69, 9.17) is 5.11 Å². The molecule has 3 rings (SSSR count). The number of rotatable bonds is 5. The maximum atomic E-state index is 12.5. The van der Waals surface area contributed by atoms with E-state index < -0.39 is 0 Å². The van der Waals surface area contributed by atoms with Crippen LogP contribution in [-0.2, 0) is 0 Å². The van der Waals surface area contributed by atoms with Crippen LogP contribution >= 0.6 is 0 Å². The van der Waals surface area contributed by atoms with Gasteiger partial charge in [-0.1, -0.05) is 6.07 Å². The van der Waals surface area contributed by atoms with Crippen LogP contribution in [0.25, 0.3) is 5.65 Å². The third-order valence-electron chi connectivity index (χ3n) is 3.89. The molecular formula is C18H20N4O2. The number of aliphatic hydroxyl groups excluding tert-OH is 1. The number of amides is 1. The fourth-order valence-electron chi connectivity index (χ4n) is 2.53. The molecule has 0 unspecified atom stereocenters. The molecular weight excluding hydrogens is 304 g/mol. The Morgan fingerprint density at radius 1 is 1.25 bits per heavy atom. The summed E-state index contributed by atoms with van der Waals surface area (Å²) in [5.41, 5.74) is 3.99. The van der Waals surface area contributed by atoms with Gasteiger partial charge in [0.25, 0.3) is 5.91 Å². The molecule has 0 atom stereocenters. The Balaban J connectivity index is 1.77. The first-order chi connectivity index (χ1) is 11.6. The van der Waals surface area contributed by atoms with Gasteiger partial charge < -0.3 is 15.3 Å². The molecule has 0 fully saturated rings. The molecule has 0 saturated carbocycles. The smallest absolute Gasteiger partial charge is 0.274 e. The quantitative estimate of drug-likeness (QED) is 0.756. The molecule has 2 N–H and O–H groups in total. The fraction of sp³-hybridized carbons (Fsp3) is 0.222. The number of aromatic nitrogens is 2. The second-order valence-corrected chi connectivity index (χ2v) is 5.72. The van der Waals surface area contributed by atoms with Crippen LogP contribution in [-0.4, -0.2) is 40.6 Å². The molecule has 0 saturated heterocycles. The van der Waals surface area contributed by atoms with Crippen molar-refractivity contribution in [3.05, 3.63) is 60.0 Å². The summed E-state index contributed by atoms with van der Waals surface area (Å²) < 4.78 is 1.79. The number of hydrogen-bond donors (Lipinski definition) is 2. The minimum Gasteiger partial charge on any atom is -0.395 e. The summed E-state index contributed by atoms with van der Waals surface area (Å²) in [5, 5.41) is 11.9. The van der Waals surface area contributed by atoms with Crippen LogP contribution in [0, 0.1) is 6.92 Å². The highest BCUT2D eigenvalue weighted by atomic mass is 16.3. The minimum atomic E-state index is -0.204. The number of nitrogens with one attached hydrogen (secondary N) is 1. The van der Waals surface area contributed by atoms with E-state index in [1.54, 1.807) is 10.6 Å². The van der Waals surface area contributed by atoms with E-state index >= 15 is 0 Å². The van der Waals surface area contributed by atoms with E-state index in [-0.39, 0.29) is 12.5 Å². The Kier molecular flexibility index (Phi) is 4.48. The largest absolute Gasteiger partial charge is 0.395 e. The average Bonchev–Trinajstić information content (AvgIpc) is 2.98. The Bertz CT molecular complexity index is 855. The Morgan fingerprint density at radius 3 is 2.71 bits per heavy atom. The summed E-state index contributed by atoms with van der Waals surface area (Å²) in [7, 11) is 1.91. The molecule has 124 valence electrons. The van der Waals surface area contributed by atoms with Crippen LogP contribution in [0.2, 0.25) is 0 Å². The van der Waals surface area contributed by atoms with Gasteiger partial charge in [-0.3, -0.25) is 9.20 Å². The third kappa shape index (κ3) is 3.23. The zero-order valence-electron chi connectivity index (χ0n) is 13.7. The number of imidazole rings is 1. The Morgan fingerprint density at radius 2 is 2.00 bits per heavy atom. The molecule has 24 heavy (non-hydrogen) atoms. The van der Waals surface area contributed by atoms with Crippen molar-refractivity contribution in [2.45, 2.75) is 6.92 Å². The van der Waals surface area contributed by atoms with Gasteiger partial charge in [0, 0.05) is 31.2 Å². The molecule has 1 amide bonds. The van der Waals surface area contributed by atoms with Crippen molar-refractivity contribution in [3.63, 3.8) is 0 Å². The number of fused-ring (bicyclic) bond motifs is 1. The normalized spacial score (nSPS) is 10.8. The van der Waals surface area contributed by atoms with Gasteiger partial charge in [0.1, 0.15) is 11.3 Å². The SMILES string of the molecule is Cc1ccc2ncc(C(=O)Nc3ccc(N(C)CCO)cc3)n2c1. The van der Waals surface area contributed by atoms with Crippen LogP contribution in [0.3, 0.4) is 0 Å². The van der Waals surface area contributed by atoms with Crippen molar-refractivity contribution < 1.29 is 9.90 Å². The van der Waals surface area contributed by atoms with Crippen LogP contribution < -0.4 is 10.2 Å². The molecule has 0 aliphatic carbocycles. The first-order valence-electron chi connectivity index (χ1n) is 7.75. The average molecular weight is 324 g/mol. The topological polar surface area (TPSA) is 69.9 Å². The molecule has 6 heteroatoms. The lowest BCUT2D eigenvalue weighted by Gasteiger charge is -2.18. The zero-order chi connectivity index (χ0) is 17.1. The first-order valence-corrected chi connectivity index (χ1v) is 7.75. The Labute approximate surface area is 140 Å². The second kappa shape index (κ2) is 6.72. The van der Waals surface area contributed by atoms with E-state index in [0.717, 1.165) is 16.9 Å². The highest BCUT2D eigenvalue weighted by Gasteiger charge is 2.12. The summed E-state index contributed by atoms with van der Waals surface area (Å²) in [4.78, 5) is 18.7. The molecule has 0 radical (unpaired) electrons. The molecule has 0 bridgehead atoms. The Hall–Kier alpha value is -2.86. The highest BCUT2D eigenvalue weighted by molar-refractivity contribution is 6.03. The van der Waals surface area contributed by atoms with E-state index in [1.165, 1.54) is 0 Å². The number of anilines is 2. The van der Waals surface area contributed by atoms with E-state index in [1.807, 2.05) is 61.5 Å². The lowest BCUT2D eigenvalue weighted by molar-refractivity contribution is 0.102. The van der Waals surface area contributed by atoms with Gasteiger partial charge >= 0.3 is 0 Å². The predicted octanol–water partition coefficient (Wildman–Crippen LogP) is 2.32. The van der Waals surface area contributed by atoms with Gasteiger partial charge in [-0.25, -0.2) is 4.98 Å². The lowest BCUT2D eigenvalue weighted by Crippen LogP contribution is -2.21. The molecule has 2 aromatic heterocycles. The summed E-state index contributed by atoms with van der Waals surface area (Å²) in [6.07, 6.45) is 3.47. The van der Waals surface area contributed by atoms with Gasteiger partial charge in [-0.15, -0.1) is 0 Å². The van der Waals surface area contributed by atoms with Gasteiger partial charge in [0.2, 0.25) is 0 Å². The van der Waals surface area contributed by atoms with Gasteiger partial charge in [-0.2, -0.15) is 0 Å². The summed E-state index contributed by atoms with van der Waals surface area (Å²) >= 11 is 0. The van der Waals surface area contributed by atoms with Crippen LogP contribution in [0.4, 0.5) is 11.4 Å². The maximum absolute atomic E-state index is 12.5. The van der Waals surface area contributed by atoms with Crippen LogP contribution in [0.5, 0.6) is 0 Å². The van der Waals surface area contributed by atoms with Crippen LogP contribution in [0.15, 0.2) is 48.8 Å². The first kappa shape index (κ1) is 16.0. The number of benzene rings is 1. The molecule has 3 aromatic rings. The van der Waals surface area contributed by atoms with E-state index in [0.29, 0.717) is 17.9 Å². The highest BCUT2D eigenvalue weighted by Crippen LogP contribution is 2.18. The van der Waals surface area contributed by atoms with Crippen LogP contribution in [0.1, 0.15) is 16.1 Å². The van der Waals surface area contributed by atoms with Crippen molar-refractivity contribution >= 4 is 22.9 Å². The maximum Gasteiger partial charge on any atom is 0.274 e. The second-order valence-electron chi connectivity index (χ2n) is 5.72. The molecule has 2 heterocycles. The predicted molar refractivity (Wildman–Crippen MR) is 94.7 cm³/mol. The minimum absolute atomic E-state index is 0.0999. The van der Waals surface area contributed by atoms with E-state index in [2.05, 4.69) is 10.3 Å². The van der Waals surface area contributed by atoms with E-state index in [9.17, 15) is 4.79 Å². The lowest BCUT2D eigenvalue weighted by atomic mass is 10.2. The van der Waals surface area contributed by atoms with Crippen molar-refractivity contribution in [2.24, 2.45) is 0 Å². The van der Waals surface area contributed by atoms with Crippen molar-refractivity contribution in [1.29, 1.82) is 0 Å². The molecule has 0 spiro atoms. The molecule has 6 nitrogen and oxygen atoms in total. The third-order valence-corrected chi connectivity index (χ3v) is 3.89. The molecule has 0 aliphatic heterocycles. The summed E-state index contributed by atoms with van der Waals surface area (Å²) in [6, 6.07) is 11.3. The van der Waals surface area contributed by atoms with Crippen molar-refractivity contribution in [1.82, 2.24) is 9.38 Å². The summed E-state index contributed by atoms with van der Waals surface area (Å²) in [5.74, 6) is -0.204. The number of nitrogens with zero attached hydrogens (tertiary/aromatic N) is 3. The number of pyridine rings is 1. The standard InChI is InChI=1S/C18H20N4O2/c1-13-3-8-17-19-11-16(22(17)12-13)18(24)20-14-4-6-15(7-5-14)21(2)9-10-23/h3-8,11-12,23H,9-10H2,1-2H3,(H,20,24). The zero-order valence-corrected chi connectivity index (χ0v) is 13.7. The van der Waals surface area contributed by atoms with Gasteiger partial charge in [0.15, 0.2) is 0 Å². The number of carbonyl (C=O) groups excluding carboxylic acids is 1. The molecule has 0 aliphatic rings. The van der Waals surface area contributed by atoms with Gasteiger partial charge in [-0.05, 0) is 42.8 Å². The van der Waals surface area contributed by atoms with Crippen molar-refractivity contribution in [2.75, 3.05) is 30.4 Å². The number of carbonyl (C=O) groups is 1. The monoisotopic (exact) mass is 324 g/mol. The number of hydrogen-bond acceptors (Lipinski definition) is 4. The number of aliphatic hydroxyl groups is 1. The van der Waals surface area contributed by atoms with Crippen molar-refractivity contribution in [3.8, 4) is 0 Å². The number of likely N-dealkylation sites (N-methyl/N-ethyl adjacent to an activating group) is 1.